The van der Waals surface area contributed by atoms with Crippen molar-refractivity contribution in [3.63, 3.8) is 0 Å². The predicted octanol–water partition coefficient (Wildman–Crippen LogP) is 2.13. The lowest BCUT2D eigenvalue weighted by Crippen LogP contribution is -2.24. The largest absolute Gasteiger partial charge is 0.418 e. The Morgan fingerprint density at radius 3 is 2.40 bits per heavy atom. The summed E-state index contributed by atoms with van der Waals surface area (Å²) in [6.45, 7) is -0.00418. The van der Waals surface area contributed by atoms with Gasteiger partial charge in [-0.3, -0.25) is 0 Å². The van der Waals surface area contributed by atoms with E-state index < -0.39 is 11.7 Å². The van der Waals surface area contributed by atoms with Crippen LogP contribution in [-0.2, 0) is 6.18 Å². The summed E-state index contributed by atoms with van der Waals surface area (Å²) in [6, 6.07) is 5.30. The number of benzene rings is 1. The van der Waals surface area contributed by atoms with Crippen LogP contribution in [0.25, 0.3) is 0 Å². The number of aliphatic hydroxyl groups is 1. The van der Waals surface area contributed by atoms with Crippen LogP contribution in [0.1, 0.15) is 5.56 Å². The molecule has 0 radical (unpaired) electrons. The summed E-state index contributed by atoms with van der Waals surface area (Å²) in [5.74, 6) is 0. The second-order valence-corrected chi connectivity index (χ2v) is 3.16. The van der Waals surface area contributed by atoms with E-state index in [0.29, 0.717) is 0 Å². The smallest absolute Gasteiger partial charge is 0.395 e. The quantitative estimate of drug-likeness (QED) is 0.841. The Balaban J connectivity index is 3.06. The molecule has 0 spiro atoms. The number of aliphatic hydroxyl groups excluding tert-OH is 1. The number of rotatable bonds is 3. The van der Waals surface area contributed by atoms with Crippen LogP contribution < -0.4 is 4.90 Å². The van der Waals surface area contributed by atoms with Gasteiger partial charge in [0.15, 0.2) is 0 Å². The molecule has 84 valence electrons. The second kappa shape index (κ2) is 4.53. The fourth-order valence-electron chi connectivity index (χ4n) is 1.32. The minimum atomic E-state index is -4.36. The first-order chi connectivity index (χ1) is 6.96. The van der Waals surface area contributed by atoms with Gasteiger partial charge >= 0.3 is 6.18 Å². The van der Waals surface area contributed by atoms with Gasteiger partial charge in [0.2, 0.25) is 0 Å². The Morgan fingerprint density at radius 2 is 1.87 bits per heavy atom. The Hall–Kier alpha value is -1.23. The Kier molecular flexibility index (Phi) is 3.57. The lowest BCUT2D eigenvalue weighted by Gasteiger charge is -2.22. The molecule has 0 amide bonds. The summed E-state index contributed by atoms with van der Waals surface area (Å²) in [4.78, 5) is 1.38. The van der Waals surface area contributed by atoms with Crippen molar-refractivity contribution in [2.75, 3.05) is 25.1 Å². The van der Waals surface area contributed by atoms with E-state index in [9.17, 15) is 13.2 Å². The first kappa shape index (κ1) is 11.8. The normalized spacial score (nSPS) is 11.5. The lowest BCUT2D eigenvalue weighted by atomic mass is 10.1. The summed E-state index contributed by atoms with van der Waals surface area (Å²) in [7, 11) is 1.51. The Morgan fingerprint density at radius 1 is 1.27 bits per heavy atom. The zero-order valence-electron chi connectivity index (χ0n) is 8.25. The minimum absolute atomic E-state index is 0.0825. The van der Waals surface area contributed by atoms with E-state index in [0.717, 1.165) is 6.07 Å². The molecule has 0 aromatic heterocycles. The molecular weight excluding hydrogens is 207 g/mol. The predicted molar refractivity (Wildman–Crippen MR) is 51.8 cm³/mol. The first-order valence-corrected chi connectivity index (χ1v) is 4.45. The van der Waals surface area contributed by atoms with Crippen LogP contribution in [0.3, 0.4) is 0 Å². The fourth-order valence-corrected chi connectivity index (χ4v) is 1.32. The zero-order chi connectivity index (χ0) is 11.5. The van der Waals surface area contributed by atoms with Gasteiger partial charge in [0, 0.05) is 19.3 Å². The molecule has 1 rings (SSSR count). The third-order valence-electron chi connectivity index (χ3n) is 2.06. The van der Waals surface area contributed by atoms with Crippen molar-refractivity contribution < 1.29 is 18.3 Å². The van der Waals surface area contributed by atoms with Crippen LogP contribution in [0.15, 0.2) is 24.3 Å². The number of para-hydroxylation sites is 1. The molecule has 2 nitrogen and oxygen atoms in total. The van der Waals surface area contributed by atoms with Gasteiger partial charge < -0.3 is 10.0 Å². The second-order valence-electron chi connectivity index (χ2n) is 3.16. The van der Waals surface area contributed by atoms with Crippen LogP contribution in [0.4, 0.5) is 18.9 Å². The van der Waals surface area contributed by atoms with E-state index in [1.807, 2.05) is 0 Å². The third-order valence-corrected chi connectivity index (χ3v) is 2.06. The molecule has 0 aliphatic heterocycles. The van der Waals surface area contributed by atoms with Gasteiger partial charge in [0.1, 0.15) is 0 Å². The summed E-state index contributed by atoms with van der Waals surface area (Å²) in [6.07, 6.45) is -4.36. The number of hydrogen-bond donors (Lipinski definition) is 1. The topological polar surface area (TPSA) is 23.5 Å². The standard InChI is InChI=1S/C10H12F3NO/c1-14(6-7-15)9-5-3-2-4-8(9)10(11,12)13/h2-5,15H,6-7H2,1H3. The minimum Gasteiger partial charge on any atom is -0.395 e. The molecule has 0 atom stereocenters. The Labute approximate surface area is 85.9 Å². The molecule has 1 aromatic carbocycles. The molecule has 15 heavy (non-hydrogen) atoms. The van der Waals surface area contributed by atoms with Crippen LogP contribution in [0, 0.1) is 0 Å². The van der Waals surface area contributed by atoms with E-state index in [1.54, 1.807) is 6.07 Å². The van der Waals surface area contributed by atoms with E-state index >= 15 is 0 Å². The lowest BCUT2D eigenvalue weighted by molar-refractivity contribution is -0.137. The molecular formula is C10H12F3NO. The van der Waals surface area contributed by atoms with Crippen LogP contribution in [0.2, 0.25) is 0 Å². The fraction of sp³-hybridized carbons (Fsp3) is 0.400. The van der Waals surface area contributed by atoms with Crippen molar-refractivity contribution in [3.05, 3.63) is 29.8 Å². The van der Waals surface area contributed by atoms with Crippen molar-refractivity contribution in [1.29, 1.82) is 0 Å². The van der Waals surface area contributed by atoms with Gasteiger partial charge in [-0.15, -0.1) is 0 Å². The number of alkyl halides is 3. The molecule has 0 heterocycles. The molecule has 0 aliphatic carbocycles. The SMILES string of the molecule is CN(CCO)c1ccccc1C(F)(F)F. The molecule has 0 bridgehead atoms. The van der Waals surface area contributed by atoms with Crippen molar-refractivity contribution >= 4 is 5.69 Å². The zero-order valence-corrected chi connectivity index (χ0v) is 8.25. The molecule has 0 saturated heterocycles. The average Bonchev–Trinajstić information content (AvgIpc) is 2.17. The van der Waals surface area contributed by atoms with Crippen molar-refractivity contribution in [3.8, 4) is 0 Å². The maximum atomic E-state index is 12.6. The number of anilines is 1. The van der Waals surface area contributed by atoms with E-state index in [1.165, 1.54) is 24.1 Å². The van der Waals surface area contributed by atoms with Gasteiger partial charge in [-0.05, 0) is 12.1 Å². The molecule has 5 heteroatoms. The molecule has 0 aliphatic rings. The highest BCUT2D eigenvalue weighted by molar-refractivity contribution is 5.54. The van der Waals surface area contributed by atoms with Crippen LogP contribution in [-0.4, -0.2) is 25.3 Å². The first-order valence-electron chi connectivity index (χ1n) is 4.45. The van der Waals surface area contributed by atoms with Crippen LogP contribution in [0.5, 0.6) is 0 Å². The number of likely N-dealkylation sites (N-methyl/N-ethyl adjacent to an activating group) is 1. The summed E-state index contributed by atoms with van der Waals surface area (Å²) in [5, 5.41) is 8.67. The summed E-state index contributed by atoms with van der Waals surface area (Å²) in [5.41, 5.74) is -0.597. The van der Waals surface area contributed by atoms with Crippen molar-refractivity contribution in [2.45, 2.75) is 6.18 Å². The van der Waals surface area contributed by atoms with Gasteiger partial charge in [-0.25, -0.2) is 0 Å². The number of halogens is 3. The van der Waals surface area contributed by atoms with Gasteiger partial charge in [-0.1, -0.05) is 12.1 Å². The highest BCUT2D eigenvalue weighted by Gasteiger charge is 2.33. The van der Waals surface area contributed by atoms with E-state index in [2.05, 4.69) is 0 Å². The van der Waals surface area contributed by atoms with E-state index in [4.69, 9.17) is 5.11 Å². The molecule has 0 fully saturated rings. The van der Waals surface area contributed by atoms with Crippen molar-refractivity contribution in [2.24, 2.45) is 0 Å². The maximum absolute atomic E-state index is 12.6. The van der Waals surface area contributed by atoms with Gasteiger partial charge in [0.05, 0.1) is 12.2 Å². The average molecular weight is 219 g/mol. The Bertz CT molecular complexity index is 325. The van der Waals surface area contributed by atoms with Gasteiger partial charge in [0.25, 0.3) is 0 Å². The summed E-state index contributed by atoms with van der Waals surface area (Å²) >= 11 is 0. The number of hydrogen-bond acceptors (Lipinski definition) is 2. The highest BCUT2D eigenvalue weighted by atomic mass is 19.4. The maximum Gasteiger partial charge on any atom is 0.418 e. The molecule has 0 unspecified atom stereocenters. The molecule has 0 saturated carbocycles. The van der Waals surface area contributed by atoms with Crippen molar-refractivity contribution in [1.82, 2.24) is 0 Å². The third kappa shape index (κ3) is 2.86. The van der Waals surface area contributed by atoms with Gasteiger partial charge in [-0.2, -0.15) is 13.2 Å². The monoisotopic (exact) mass is 219 g/mol. The number of nitrogens with zero attached hydrogens (tertiary/aromatic N) is 1. The van der Waals surface area contributed by atoms with E-state index in [-0.39, 0.29) is 18.8 Å². The summed E-state index contributed by atoms with van der Waals surface area (Å²) < 4.78 is 37.7. The highest BCUT2D eigenvalue weighted by Crippen LogP contribution is 2.35. The molecule has 1 N–H and O–H groups in total. The van der Waals surface area contributed by atoms with Crippen LogP contribution >= 0.6 is 0 Å². The molecule has 1 aromatic rings.